The van der Waals surface area contributed by atoms with Crippen molar-refractivity contribution in [3.05, 3.63) is 0 Å². The summed E-state index contributed by atoms with van der Waals surface area (Å²) >= 11 is 0. The van der Waals surface area contributed by atoms with Crippen LogP contribution in [-0.4, -0.2) is 62.2 Å². The van der Waals surface area contributed by atoms with Gasteiger partial charge in [0, 0.05) is 32.2 Å². The molecule has 16 heavy (non-hydrogen) atoms. The molecule has 1 N–H and O–H groups in total. The van der Waals surface area contributed by atoms with Crippen LogP contribution in [0.3, 0.4) is 0 Å². The zero-order valence-electron chi connectivity index (χ0n) is 10.5. The van der Waals surface area contributed by atoms with Gasteiger partial charge in [0.05, 0.1) is 0 Å². The second kappa shape index (κ2) is 4.63. The highest BCUT2D eigenvalue weighted by Crippen LogP contribution is 2.35. The molecule has 0 radical (unpaired) electrons. The average molecular weight is 223 g/mol. The molecule has 3 atom stereocenters. The number of nitrogens with one attached hydrogen (secondary N) is 1. The summed E-state index contributed by atoms with van der Waals surface area (Å²) in [7, 11) is 2.25. The molecule has 0 bridgehead atoms. The number of piperazine rings is 1. The maximum Gasteiger partial charge on any atom is 0.0140 e. The lowest BCUT2D eigenvalue weighted by Gasteiger charge is -2.44. The van der Waals surface area contributed by atoms with E-state index in [9.17, 15) is 0 Å². The second-order valence-corrected chi connectivity index (χ2v) is 5.92. The fourth-order valence-electron chi connectivity index (χ4n) is 3.93. The van der Waals surface area contributed by atoms with Crippen LogP contribution in [0, 0.1) is 11.8 Å². The summed E-state index contributed by atoms with van der Waals surface area (Å²) in [4.78, 5) is 5.24. The van der Waals surface area contributed by atoms with Gasteiger partial charge in [0.25, 0.3) is 0 Å². The van der Waals surface area contributed by atoms with Gasteiger partial charge < -0.3 is 10.2 Å². The van der Waals surface area contributed by atoms with Crippen LogP contribution in [0.5, 0.6) is 0 Å². The molecule has 0 aromatic carbocycles. The number of fused-ring (bicyclic) bond motifs is 1. The number of hydrogen-bond donors (Lipinski definition) is 1. The minimum atomic E-state index is 0.891. The van der Waals surface area contributed by atoms with E-state index in [0.29, 0.717) is 0 Å². The number of likely N-dealkylation sites (N-methyl/N-ethyl adjacent to an activating group) is 1. The van der Waals surface area contributed by atoms with Crippen LogP contribution in [0.25, 0.3) is 0 Å². The molecule has 92 valence electrons. The summed E-state index contributed by atoms with van der Waals surface area (Å²) in [5.41, 5.74) is 0. The fourth-order valence-corrected chi connectivity index (χ4v) is 3.93. The van der Waals surface area contributed by atoms with Crippen molar-refractivity contribution in [2.45, 2.75) is 25.3 Å². The molecule has 0 aromatic rings. The van der Waals surface area contributed by atoms with E-state index < -0.39 is 0 Å². The first-order valence-electron chi connectivity index (χ1n) is 6.98. The molecular formula is C13H25N3. The third kappa shape index (κ3) is 2.01. The molecule has 0 spiro atoms. The third-order valence-electron chi connectivity index (χ3n) is 4.97. The Bertz CT molecular complexity index is 235. The van der Waals surface area contributed by atoms with Gasteiger partial charge in [-0.05, 0) is 44.8 Å². The molecule has 3 fully saturated rings. The molecule has 3 heteroatoms. The van der Waals surface area contributed by atoms with Crippen LogP contribution in [-0.2, 0) is 0 Å². The molecule has 1 aliphatic carbocycles. The Morgan fingerprint density at radius 1 is 1.00 bits per heavy atom. The van der Waals surface area contributed by atoms with Crippen LogP contribution in [0.4, 0.5) is 0 Å². The summed E-state index contributed by atoms with van der Waals surface area (Å²) in [6.45, 7) is 7.69. The predicted octanol–water partition coefficient (Wildman–Crippen LogP) is 0.622. The first-order chi connectivity index (χ1) is 7.84. The Morgan fingerprint density at radius 2 is 1.81 bits per heavy atom. The molecule has 3 rings (SSSR count). The van der Waals surface area contributed by atoms with Crippen LogP contribution < -0.4 is 5.32 Å². The number of rotatable bonds is 1. The highest BCUT2D eigenvalue weighted by molar-refractivity contribution is 4.95. The highest BCUT2D eigenvalue weighted by Gasteiger charge is 2.39. The maximum atomic E-state index is 3.61. The molecule has 1 saturated carbocycles. The van der Waals surface area contributed by atoms with Crippen LogP contribution >= 0.6 is 0 Å². The maximum absolute atomic E-state index is 3.61. The summed E-state index contributed by atoms with van der Waals surface area (Å²) in [5.74, 6) is 1.94. The molecule has 3 nitrogen and oxygen atoms in total. The first-order valence-corrected chi connectivity index (χ1v) is 6.98. The van der Waals surface area contributed by atoms with Gasteiger partial charge in [-0.1, -0.05) is 6.42 Å². The smallest absolute Gasteiger partial charge is 0.0140 e. The molecule has 2 saturated heterocycles. The topological polar surface area (TPSA) is 18.5 Å². The Kier molecular flexibility index (Phi) is 3.18. The lowest BCUT2D eigenvalue weighted by atomic mass is 9.77. The quantitative estimate of drug-likeness (QED) is 0.703. The van der Waals surface area contributed by atoms with Crippen molar-refractivity contribution < 1.29 is 0 Å². The van der Waals surface area contributed by atoms with Gasteiger partial charge in [0.1, 0.15) is 0 Å². The van der Waals surface area contributed by atoms with Gasteiger partial charge in [-0.15, -0.1) is 0 Å². The van der Waals surface area contributed by atoms with Gasteiger partial charge in [-0.25, -0.2) is 0 Å². The zero-order valence-corrected chi connectivity index (χ0v) is 10.5. The summed E-state index contributed by atoms with van der Waals surface area (Å²) in [6.07, 6.45) is 4.38. The van der Waals surface area contributed by atoms with E-state index in [1.807, 2.05) is 0 Å². The van der Waals surface area contributed by atoms with E-state index >= 15 is 0 Å². The van der Waals surface area contributed by atoms with Crippen molar-refractivity contribution in [1.82, 2.24) is 15.1 Å². The van der Waals surface area contributed by atoms with Crippen LogP contribution in [0.2, 0.25) is 0 Å². The summed E-state index contributed by atoms with van der Waals surface area (Å²) in [6, 6.07) is 0.891. The predicted molar refractivity (Wildman–Crippen MR) is 66.6 cm³/mol. The molecule has 0 amide bonds. The minimum Gasteiger partial charge on any atom is -0.316 e. The highest BCUT2D eigenvalue weighted by atomic mass is 15.3. The number of hydrogen-bond acceptors (Lipinski definition) is 3. The van der Waals surface area contributed by atoms with Gasteiger partial charge in [0.15, 0.2) is 0 Å². The van der Waals surface area contributed by atoms with Crippen LogP contribution in [0.15, 0.2) is 0 Å². The van der Waals surface area contributed by atoms with Gasteiger partial charge in [0.2, 0.25) is 0 Å². The zero-order chi connectivity index (χ0) is 11.0. The number of nitrogens with zero attached hydrogens (tertiary/aromatic N) is 2. The van der Waals surface area contributed by atoms with E-state index in [1.54, 1.807) is 0 Å². The lowest BCUT2D eigenvalue weighted by molar-refractivity contribution is 0.0494. The summed E-state index contributed by atoms with van der Waals surface area (Å²) in [5, 5.41) is 3.61. The monoisotopic (exact) mass is 223 g/mol. The van der Waals surface area contributed by atoms with Crippen molar-refractivity contribution in [3.8, 4) is 0 Å². The molecule has 0 unspecified atom stereocenters. The Morgan fingerprint density at radius 3 is 2.62 bits per heavy atom. The Balaban J connectivity index is 1.64. The van der Waals surface area contributed by atoms with Crippen molar-refractivity contribution in [2.75, 3.05) is 46.3 Å². The Labute approximate surface area is 99.2 Å². The largest absolute Gasteiger partial charge is 0.316 e. The second-order valence-electron chi connectivity index (χ2n) is 5.92. The average Bonchev–Trinajstić information content (AvgIpc) is 2.78. The normalized spacial score (nSPS) is 42.2. The lowest BCUT2D eigenvalue weighted by Crippen LogP contribution is -2.53. The van der Waals surface area contributed by atoms with Crippen molar-refractivity contribution in [2.24, 2.45) is 11.8 Å². The fraction of sp³-hybridized carbons (Fsp3) is 1.00. The third-order valence-corrected chi connectivity index (χ3v) is 4.97. The van der Waals surface area contributed by atoms with Crippen LogP contribution in [0.1, 0.15) is 19.3 Å². The molecule has 0 aromatic heterocycles. The van der Waals surface area contributed by atoms with E-state index in [0.717, 1.165) is 17.9 Å². The van der Waals surface area contributed by atoms with Crippen molar-refractivity contribution in [1.29, 1.82) is 0 Å². The van der Waals surface area contributed by atoms with Gasteiger partial charge in [-0.2, -0.15) is 0 Å². The molecule has 2 heterocycles. The van der Waals surface area contributed by atoms with E-state index in [1.165, 1.54) is 58.5 Å². The van der Waals surface area contributed by atoms with Crippen molar-refractivity contribution >= 4 is 0 Å². The van der Waals surface area contributed by atoms with Crippen molar-refractivity contribution in [3.63, 3.8) is 0 Å². The molecular weight excluding hydrogens is 198 g/mol. The van der Waals surface area contributed by atoms with E-state index in [4.69, 9.17) is 0 Å². The SMILES string of the molecule is CN1CCN([C@@H]2CCC[C@@H]3CNC[C@H]32)CC1. The summed E-state index contributed by atoms with van der Waals surface area (Å²) < 4.78 is 0. The molecule has 3 aliphatic rings. The minimum absolute atomic E-state index is 0.891. The van der Waals surface area contributed by atoms with E-state index in [-0.39, 0.29) is 0 Å². The molecule has 2 aliphatic heterocycles. The Hall–Kier alpha value is -0.120. The van der Waals surface area contributed by atoms with Gasteiger partial charge >= 0.3 is 0 Å². The van der Waals surface area contributed by atoms with Gasteiger partial charge in [-0.3, -0.25) is 4.90 Å². The first kappa shape index (κ1) is 11.0. The standard InChI is InChI=1S/C13H25N3/c1-15-5-7-16(8-6-15)13-4-2-3-11-9-14-10-12(11)13/h11-14H,2-10H2,1H3/t11-,12-,13-/m1/s1. The van der Waals surface area contributed by atoms with E-state index in [2.05, 4.69) is 22.2 Å².